The molecule has 1 saturated heterocycles. The first kappa shape index (κ1) is 15.5. The van der Waals surface area contributed by atoms with Crippen LogP contribution in [-0.4, -0.2) is 49.4 Å². The number of amides is 1. The molecule has 1 aromatic carbocycles. The number of rotatable bonds is 2. The van der Waals surface area contributed by atoms with E-state index < -0.39 is 17.9 Å². The SMILES string of the molecule is COC(=O)[C@@H]1[C@@H]2C(=O)[C@@H](Cc3cc(OC)ccc32)CN1C(C)=O. The number of hydrogen-bond donors (Lipinski definition) is 0. The second-order valence-electron chi connectivity index (χ2n) is 5.99. The summed E-state index contributed by atoms with van der Waals surface area (Å²) in [6.07, 6.45) is 0.555. The molecule has 1 aliphatic heterocycles. The number of carbonyl (C=O) groups excluding carboxylic acids is 3. The second-order valence-corrected chi connectivity index (χ2v) is 5.99. The Kier molecular flexibility index (Phi) is 3.83. The van der Waals surface area contributed by atoms with Crippen molar-refractivity contribution in [1.29, 1.82) is 0 Å². The minimum Gasteiger partial charge on any atom is -0.497 e. The van der Waals surface area contributed by atoms with Crippen LogP contribution in [0.15, 0.2) is 18.2 Å². The number of methoxy groups -OCH3 is 2. The predicted molar refractivity (Wildman–Crippen MR) is 81.1 cm³/mol. The number of Topliss-reactive ketones (excluding diaryl/α,β-unsaturated/α-hetero) is 1. The lowest BCUT2D eigenvalue weighted by molar-refractivity contribution is -0.160. The number of nitrogens with zero attached hydrogens (tertiary/aromatic N) is 1. The van der Waals surface area contributed by atoms with Crippen LogP contribution in [0.2, 0.25) is 0 Å². The van der Waals surface area contributed by atoms with Crippen LogP contribution in [0.25, 0.3) is 0 Å². The van der Waals surface area contributed by atoms with E-state index >= 15 is 0 Å². The molecule has 6 nitrogen and oxygen atoms in total. The monoisotopic (exact) mass is 317 g/mol. The minimum atomic E-state index is -0.895. The van der Waals surface area contributed by atoms with Gasteiger partial charge in [0, 0.05) is 19.4 Å². The van der Waals surface area contributed by atoms with E-state index in [1.807, 2.05) is 12.1 Å². The molecule has 3 rings (SSSR count). The summed E-state index contributed by atoms with van der Waals surface area (Å²) in [5.74, 6) is -1.01. The maximum absolute atomic E-state index is 12.7. The summed E-state index contributed by atoms with van der Waals surface area (Å²) in [4.78, 5) is 38.4. The fourth-order valence-corrected chi connectivity index (χ4v) is 3.68. The van der Waals surface area contributed by atoms with E-state index in [0.29, 0.717) is 12.2 Å². The topological polar surface area (TPSA) is 72.9 Å². The van der Waals surface area contributed by atoms with Gasteiger partial charge in [-0.15, -0.1) is 0 Å². The average Bonchev–Trinajstić information content (AvgIpc) is 2.53. The number of piperidine rings is 1. The Morgan fingerprint density at radius 1 is 1.26 bits per heavy atom. The fraction of sp³-hybridized carbons (Fsp3) is 0.471. The molecule has 1 amide bonds. The maximum Gasteiger partial charge on any atom is 0.329 e. The van der Waals surface area contributed by atoms with Gasteiger partial charge in [-0.05, 0) is 29.7 Å². The second kappa shape index (κ2) is 5.68. The first-order valence-corrected chi connectivity index (χ1v) is 7.53. The third-order valence-electron chi connectivity index (χ3n) is 4.78. The highest BCUT2D eigenvalue weighted by Crippen LogP contribution is 2.42. The van der Waals surface area contributed by atoms with Gasteiger partial charge in [0.15, 0.2) is 0 Å². The third-order valence-corrected chi connectivity index (χ3v) is 4.78. The molecule has 0 saturated carbocycles. The van der Waals surface area contributed by atoms with Crippen molar-refractivity contribution >= 4 is 17.7 Å². The number of fused-ring (bicyclic) bond motifs is 4. The summed E-state index contributed by atoms with van der Waals surface area (Å²) in [6.45, 7) is 1.66. The normalized spacial score (nSPS) is 25.6. The quantitative estimate of drug-likeness (QED) is 0.759. The van der Waals surface area contributed by atoms with Crippen molar-refractivity contribution in [2.45, 2.75) is 25.3 Å². The molecule has 3 atom stereocenters. The molecule has 2 aliphatic rings. The van der Waals surface area contributed by atoms with Crippen LogP contribution in [0, 0.1) is 5.92 Å². The zero-order valence-corrected chi connectivity index (χ0v) is 13.4. The minimum absolute atomic E-state index is 0.00978. The maximum atomic E-state index is 12.7. The molecular weight excluding hydrogens is 298 g/mol. The lowest BCUT2D eigenvalue weighted by atomic mass is 9.69. The van der Waals surface area contributed by atoms with Crippen LogP contribution in [-0.2, 0) is 25.5 Å². The van der Waals surface area contributed by atoms with Crippen molar-refractivity contribution in [3.05, 3.63) is 29.3 Å². The van der Waals surface area contributed by atoms with Crippen LogP contribution in [0.3, 0.4) is 0 Å². The van der Waals surface area contributed by atoms with E-state index in [1.54, 1.807) is 13.2 Å². The molecule has 0 unspecified atom stereocenters. The number of esters is 1. The Balaban J connectivity index is 2.12. The van der Waals surface area contributed by atoms with Crippen molar-refractivity contribution in [3.8, 4) is 5.75 Å². The largest absolute Gasteiger partial charge is 0.497 e. The zero-order chi connectivity index (χ0) is 16.7. The van der Waals surface area contributed by atoms with E-state index in [2.05, 4.69) is 0 Å². The van der Waals surface area contributed by atoms with Crippen molar-refractivity contribution in [1.82, 2.24) is 4.90 Å². The number of ether oxygens (including phenoxy) is 2. The smallest absolute Gasteiger partial charge is 0.329 e. The molecule has 2 bridgehead atoms. The van der Waals surface area contributed by atoms with Gasteiger partial charge in [-0.25, -0.2) is 4.79 Å². The van der Waals surface area contributed by atoms with Gasteiger partial charge >= 0.3 is 5.97 Å². The van der Waals surface area contributed by atoms with Gasteiger partial charge in [0.2, 0.25) is 5.91 Å². The predicted octanol–water partition coefficient (Wildman–Crippen LogP) is 0.924. The standard InChI is InChI=1S/C17H19NO5/c1-9(19)18-8-11-6-10-7-12(22-2)4-5-13(10)14(16(11)20)15(18)17(21)23-3/h4-5,7,11,14-15H,6,8H2,1-3H3/t11-,14+,15-/m0/s1. The highest BCUT2D eigenvalue weighted by molar-refractivity contribution is 5.99. The number of ketones is 1. The number of hydrogen-bond acceptors (Lipinski definition) is 5. The Morgan fingerprint density at radius 2 is 2.00 bits per heavy atom. The summed E-state index contributed by atoms with van der Waals surface area (Å²) in [5.41, 5.74) is 1.78. The molecule has 0 radical (unpaired) electrons. The highest BCUT2D eigenvalue weighted by atomic mass is 16.5. The molecule has 0 N–H and O–H groups in total. The molecule has 23 heavy (non-hydrogen) atoms. The zero-order valence-electron chi connectivity index (χ0n) is 13.4. The summed E-state index contributed by atoms with van der Waals surface area (Å²) < 4.78 is 10.1. The van der Waals surface area contributed by atoms with Gasteiger partial charge in [-0.1, -0.05) is 6.07 Å². The van der Waals surface area contributed by atoms with Crippen LogP contribution >= 0.6 is 0 Å². The van der Waals surface area contributed by atoms with Crippen molar-refractivity contribution in [2.24, 2.45) is 5.92 Å². The molecule has 1 fully saturated rings. The Morgan fingerprint density at radius 3 is 2.61 bits per heavy atom. The summed E-state index contributed by atoms with van der Waals surface area (Å²) in [7, 11) is 2.86. The average molecular weight is 317 g/mol. The van der Waals surface area contributed by atoms with Gasteiger partial charge in [0.05, 0.1) is 20.1 Å². The van der Waals surface area contributed by atoms with Gasteiger partial charge in [0.25, 0.3) is 0 Å². The molecule has 0 spiro atoms. The molecule has 6 heteroatoms. The van der Waals surface area contributed by atoms with E-state index in [1.165, 1.54) is 18.9 Å². The van der Waals surface area contributed by atoms with E-state index in [4.69, 9.17) is 9.47 Å². The molecule has 1 heterocycles. The fourth-order valence-electron chi connectivity index (χ4n) is 3.68. The van der Waals surface area contributed by atoms with Crippen LogP contribution in [0.1, 0.15) is 24.0 Å². The Hall–Kier alpha value is -2.37. The van der Waals surface area contributed by atoms with E-state index in [0.717, 1.165) is 11.1 Å². The number of carbonyl (C=O) groups is 3. The van der Waals surface area contributed by atoms with Crippen LogP contribution in [0.4, 0.5) is 0 Å². The van der Waals surface area contributed by atoms with E-state index in [9.17, 15) is 14.4 Å². The van der Waals surface area contributed by atoms with Gasteiger partial charge in [0.1, 0.15) is 17.6 Å². The van der Waals surface area contributed by atoms with Crippen molar-refractivity contribution < 1.29 is 23.9 Å². The van der Waals surface area contributed by atoms with Gasteiger partial charge in [-0.3, -0.25) is 9.59 Å². The van der Waals surface area contributed by atoms with Crippen molar-refractivity contribution in [3.63, 3.8) is 0 Å². The van der Waals surface area contributed by atoms with Gasteiger partial charge < -0.3 is 14.4 Å². The van der Waals surface area contributed by atoms with Crippen LogP contribution in [0.5, 0.6) is 5.75 Å². The Bertz CT molecular complexity index is 684. The first-order valence-electron chi connectivity index (χ1n) is 7.53. The lowest BCUT2D eigenvalue weighted by Crippen LogP contribution is -2.59. The molecule has 1 aromatic rings. The van der Waals surface area contributed by atoms with Gasteiger partial charge in [-0.2, -0.15) is 0 Å². The van der Waals surface area contributed by atoms with Crippen molar-refractivity contribution in [2.75, 3.05) is 20.8 Å². The first-order chi connectivity index (χ1) is 11.0. The third kappa shape index (κ3) is 2.38. The van der Waals surface area contributed by atoms with Crippen LogP contribution < -0.4 is 4.74 Å². The molecule has 1 aliphatic carbocycles. The highest BCUT2D eigenvalue weighted by Gasteiger charge is 2.51. The molecular formula is C17H19NO5. The molecule has 122 valence electrons. The van der Waals surface area contributed by atoms with E-state index in [-0.39, 0.29) is 24.2 Å². The lowest BCUT2D eigenvalue weighted by Gasteiger charge is -2.45. The number of likely N-dealkylation sites (tertiary alicyclic amines) is 1. The summed E-state index contributed by atoms with van der Waals surface area (Å²) in [5, 5.41) is 0. The molecule has 0 aromatic heterocycles. The number of benzene rings is 1. The summed E-state index contributed by atoms with van der Waals surface area (Å²) in [6, 6.07) is 4.59. The Labute approximate surface area is 134 Å². The summed E-state index contributed by atoms with van der Waals surface area (Å²) >= 11 is 0.